The van der Waals surface area contributed by atoms with Crippen molar-refractivity contribution in [1.29, 1.82) is 0 Å². The van der Waals surface area contributed by atoms with Gasteiger partial charge in [0.15, 0.2) is 0 Å². The smallest absolute Gasteiger partial charge is 0.407 e. The Balaban J connectivity index is 1.45. The number of nitrogens with zero attached hydrogens (tertiary/aromatic N) is 1. The van der Waals surface area contributed by atoms with Gasteiger partial charge in [-0.1, -0.05) is 12.1 Å². The lowest BCUT2D eigenvalue weighted by atomic mass is 10.1. The SMILES string of the molecule is CC(C)(C)OC(=O)NCCC(=O)Nc1cccc(CNC(=O)c2ccc(-n3cccc3)cc2)c1. The summed E-state index contributed by atoms with van der Waals surface area (Å²) in [5.41, 5.74) is 2.42. The van der Waals surface area contributed by atoms with Crippen LogP contribution in [0.1, 0.15) is 43.1 Å². The summed E-state index contributed by atoms with van der Waals surface area (Å²) in [6.45, 7) is 5.81. The molecule has 3 N–H and O–H groups in total. The van der Waals surface area contributed by atoms with Crippen molar-refractivity contribution in [3.63, 3.8) is 0 Å². The van der Waals surface area contributed by atoms with Crippen LogP contribution in [0.2, 0.25) is 0 Å². The Morgan fingerprint density at radius 1 is 0.912 bits per heavy atom. The molecule has 0 unspecified atom stereocenters. The summed E-state index contributed by atoms with van der Waals surface area (Å²) in [6, 6.07) is 18.5. The maximum absolute atomic E-state index is 12.5. The van der Waals surface area contributed by atoms with E-state index in [0.29, 0.717) is 17.8 Å². The zero-order valence-corrected chi connectivity index (χ0v) is 19.6. The molecule has 0 spiro atoms. The molecule has 0 bridgehead atoms. The maximum atomic E-state index is 12.5. The van der Waals surface area contributed by atoms with Gasteiger partial charge in [0.2, 0.25) is 5.91 Å². The van der Waals surface area contributed by atoms with Crippen LogP contribution in [0.5, 0.6) is 0 Å². The lowest BCUT2D eigenvalue weighted by Crippen LogP contribution is -2.34. The van der Waals surface area contributed by atoms with Crippen molar-refractivity contribution in [3.05, 3.63) is 84.2 Å². The minimum atomic E-state index is -0.589. The van der Waals surface area contributed by atoms with E-state index in [9.17, 15) is 14.4 Å². The third-order valence-electron chi connectivity index (χ3n) is 4.72. The number of hydrogen-bond acceptors (Lipinski definition) is 4. The number of rotatable bonds is 8. The molecule has 0 aliphatic heterocycles. The maximum Gasteiger partial charge on any atom is 0.407 e. The Labute approximate surface area is 199 Å². The number of hydrogen-bond donors (Lipinski definition) is 3. The zero-order chi connectivity index (χ0) is 24.6. The number of nitrogens with one attached hydrogen (secondary N) is 3. The third kappa shape index (κ3) is 7.81. The molecule has 0 aliphatic rings. The largest absolute Gasteiger partial charge is 0.444 e. The second kappa shape index (κ2) is 11.2. The number of aromatic nitrogens is 1. The highest BCUT2D eigenvalue weighted by Gasteiger charge is 2.16. The molecule has 3 aromatic rings. The second-order valence-electron chi connectivity index (χ2n) is 8.75. The highest BCUT2D eigenvalue weighted by Crippen LogP contribution is 2.13. The molecule has 0 fully saturated rings. The molecule has 178 valence electrons. The first-order valence-corrected chi connectivity index (χ1v) is 11.1. The lowest BCUT2D eigenvalue weighted by Gasteiger charge is -2.19. The summed E-state index contributed by atoms with van der Waals surface area (Å²) in [5.74, 6) is -0.415. The van der Waals surface area contributed by atoms with Gasteiger partial charge in [-0.15, -0.1) is 0 Å². The molecule has 8 heteroatoms. The van der Waals surface area contributed by atoms with Crippen LogP contribution >= 0.6 is 0 Å². The Bertz CT molecular complexity index is 1120. The Morgan fingerprint density at radius 2 is 1.62 bits per heavy atom. The number of ether oxygens (including phenoxy) is 1. The summed E-state index contributed by atoms with van der Waals surface area (Å²) >= 11 is 0. The van der Waals surface area contributed by atoms with Gasteiger partial charge in [-0.05, 0) is 74.9 Å². The van der Waals surface area contributed by atoms with Gasteiger partial charge in [0.25, 0.3) is 5.91 Å². The number of carbonyl (C=O) groups is 3. The number of alkyl carbamates (subject to hydrolysis) is 1. The van der Waals surface area contributed by atoms with Gasteiger partial charge >= 0.3 is 6.09 Å². The van der Waals surface area contributed by atoms with Crippen LogP contribution in [0.4, 0.5) is 10.5 Å². The molecule has 1 heterocycles. The summed E-state index contributed by atoms with van der Waals surface area (Å²) in [5, 5.41) is 8.25. The van der Waals surface area contributed by atoms with Crippen LogP contribution in [0.15, 0.2) is 73.1 Å². The molecular weight excluding hydrogens is 432 g/mol. The van der Waals surface area contributed by atoms with Crippen molar-refractivity contribution in [2.45, 2.75) is 39.3 Å². The Morgan fingerprint density at radius 3 is 2.29 bits per heavy atom. The standard InChI is InChI=1S/C26H30N4O4/c1-26(2,3)34-25(33)27-14-13-23(31)29-21-8-6-7-19(17-21)18-28-24(32)20-9-11-22(12-10-20)30-15-4-5-16-30/h4-12,15-17H,13-14,18H2,1-3H3,(H,27,33)(H,28,32)(H,29,31). The van der Waals surface area contributed by atoms with Crippen molar-refractivity contribution in [1.82, 2.24) is 15.2 Å². The van der Waals surface area contributed by atoms with E-state index in [1.807, 2.05) is 53.4 Å². The molecule has 0 radical (unpaired) electrons. The van der Waals surface area contributed by atoms with Crippen LogP contribution < -0.4 is 16.0 Å². The summed E-state index contributed by atoms with van der Waals surface area (Å²) in [6.07, 6.45) is 3.44. The van der Waals surface area contributed by atoms with Gasteiger partial charge in [0.05, 0.1) is 0 Å². The molecule has 0 saturated heterocycles. The first kappa shape index (κ1) is 24.6. The Hall–Kier alpha value is -4.07. The monoisotopic (exact) mass is 462 g/mol. The Kier molecular flexibility index (Phi) is 8.08. The van der Waals surface area contributed by atoms with Crippen LogP contribution in [-0.2, 0) is 16.1 Å². The normalized spacial score (nSPS) is 10.9. The molecule has 0 saturated carbocycles. The van der Waals surface area contributed by atoms with Crippen molar-refractivity contribution in [2.75, 3.05) is 11.9 Å². The van der Waals surface area contributed by atoms with Crippen molar-refractivity contribution in [2.24, 2.45) is 0 Å². The summed E-state index contributed by atoms with van der Waals surface area (Å²) in [4.78, 5) is 36.3. The molecule has 8 nitrogen and oxygen atoms in total. The van der Waals surface area contributed by atoms with E-state index >= 15 is 0 Å². The highest BCUT2D eigenvalue weighted by atomic mass is 16.6. The van der Waals surface area contributed by atoms with Crippen molar-refractivity contribution >= 4 is 23.6 Å². The van der Waals surface area contributed by atoms with Crippen LogP contribution in [0, 0.1) is 0 Å². The van der Waals surface area contributed by atoms with E-state index in [1.54, 1.807) is 45.0 Å². The topological polar surface area (TPSA) is 101 Å². The van der Waals surface area contributed by atoms with E-state index < -0.39 is 11.7 Å². The summed E-state index contributed by atoms with van der Waals surface area (Å²) in [7, 11) is 0. The van der Waals surface area contributed by atoms with Gasteiger partial charge in [-0.25, -0.2) is 4.79 Å². The fourth-order valence-electron chi connectivity index (χ4n) is 3.15. The average Bonchev–Trinajstić information content (AvgIpc) is 3.31. The average molecular weight is 463 g/mol. The number of carbonyl (C=O) groups excluding carboxylic acids is 3. The first-order valence-electron chi connectivity index (χ1n) is 11.1. The minimum absolute atomic E-state index is 0.110. The first-order chi connectivity index (χ1) is 16.2. The molecule has 0 atom stereocenters. The van der Waals surface area contributed by atoms with Gasteiger partial charge in [0, 0.05) is 48.8 Å². The van der Waals surface area contributed by atoms with E-state index in [1.165, 1.54) is 0 Å². The number of amides is 3. The van der Waals surface area contributed by atoms with Crippen LogP contribution in [0.3, 0.4) is 0 Å². The van der Waals surface area contributed by atoms with Crippen LogP contribution in [-0.4, -0.2) is 34.6 Å². The molecule has 1 aromatic heterocycles. The van der Waals surface area contributed by atoms with E-state index in [-0.39, 0.29) is 24.8 Å². The van der Waals surface area contributed by atoms with Gasteiger partial charge in [0.1, 0.15) is 5.60 Å². The van der Waals surface area contributed by atoms with E-state index in [0.717, 1.165) is 11.3 Å². The number of anilines is 1. The number of benzene rings is 2. The summed E-state index contributed by atoms with van der Waals surface area (Å²) < 4.78 is 7.10. The highest BCUT2D eigenvalue weighted by molar-refractivity contribution is 5.94. The van der Waals surface area contributed by atoms with E-state index in [2.05, 4.69) is 16.0 Å². The molecule has 2 aromatic carbocycles. The second-order valence-corrected chi connectivity index (χ2v) is 8.75. The molecule has 34 heavy (non-hydrogen) atoms. The van der Waals surface area contributed by atoms with Crippen LogP contribution in [0.25, 0.3) is 5.69 Å². The lowest BCUT2D eigenvalue weighted by molar-refractivity contribution is -0.116. The predicted octanol–water partition coefficient (Wildman–Crippen LogP) is 4.26. The minimum Gasteiger partial charge on any atom is -0.444 e. The van der Waals surface area contributed by atoms with Gasteiger partial charge in [-0.3, -0.25) is 9.59 Å². The predicted molar refractivity (Wildman–Crippen MR) is 131 cm³/mol. The fourth-order valence-corrected chi connectivity index (χ4v) is 3.15. The zero-order valence-electron chi connectivity index (χ0n) is 19.6. The van der Waals surface area contributed by atoms with E-state index in [4.69, 9.17) is 4.74 Å². The molecule has 0 aliphatic carbocycles. The molecule has 3 rings (SSSR count). The van der Waals surface area contributed by atoms with Crippen molar-refractivity contribution in [3.8, 4) is 5.69 Å². The molecule has 3 amide bonds. The fraction of sp³-hybridized carbons (Fsp3) is 0.269. The van der Waals surface area contributed by atoms with Crippen molar-refractivity contribution < 1.29 is 19.1 Å². The van der Waals surface area contributed by atoms with Gasteiger partial charge < -0.3 is 25.3 Å². The third-order valence-corrected chi connectivity index (χ3v) is 4.72. The quantitative estimate of drug-likeness (QED) is 0.466. The van der Waals surface area contributed by atoms with Gasteiger partial charge in [-0.2, -0.15) is 0 Å². The molecular formula is C26H30N4O4.